The number of anilines is 1. The number of hydrogen-bond donors (Lipinski definition) is 1. The lowest BCUT2D eigenvalue weighted by Gasteiger charge is -2.05. The number of para-hydroxylation sites is 1. The van der Waals surface area contributed by atoms with Crippen LogP contribution in [0.4, 0.5) is 5.13 Å². The number of amides is 1. The van der Waals surface area contributed by atoms with Crippen molar-refractivity contribution in [3.8, 4) is 17.0 Å². The summed E-state index contributed by atoms with van der Waals surface area (Å²) in [6.07, 6.45) is 0. The van der Waals surface area contributed by atoms with E-state index in [1.54, 1.807) is 13.2 Å². The molecule has 6 heteroatoms. The molecule has 2 aromatic heterocycles. The second-order valence-electron chi connectivity index (χ2n) is 5.82. The van der Waals surface area contributed by atoms with E-state index in [-0.39, 0.29) is 11.7 Å². The van der Waals surface area contributed by atoms with Crippen molar-refractivity contribution in [3.05, 3.63) is 65.2 Å². The fourth-order valence-electron chi connectivity index (χ4n) is 2.75. The number of aryl methyl sites for hydroxylation is 1. The van der Waals surface area contributed by atoms with Crippen LogP contribution in [0.5, 0.6) is 5.75 Å². The molecule has 0 aliphatic heterocycles. The minimum Gasteiger partial charge on any atom is -0.496 e. The van der Waals surface area contributed by atoms with Gasteiger partial charge in [0.15, 0.2) is 10.9 Å². The Kier molecular flexibility index (Phi) is 4.18. The monoisotopic (exact) mass is 364 g/mol. The third-order valence-corrected chi connectivity index (χ3v) is 4.82. The molecule has 0 aliphatic rings. The molecule has 2 heterocycles. The van der Waals surface area contributed by atoms with Gasteiger partial charge in [-0.25, -0.2) is 4.98 Å². The Labute approximate surface area is 154 Å². The van der Waals surface area contributed by atoms with E-state index in [0.717, 1.165) is 28.0 Å². The second-order valence-corrected chi connectivity index (χ2v) is 6.68. The van der Waals surface area contributed by atoms with Crippen LogP contribution in [0.3, 0.4) is 0 Å². The van der Waals surface area contributed by atoms with Gasteiger partial charge in [-0.2, -0.15) is 0 Å². The maximum atomic E-state index is 12.4. The van der Waals surface area contributed by atoms with E-state index in [2.05, 4.69) is 10.3 Å². The summed E-state index contributed by atoms with van der Waals surface area (Å²) in [5, 5.41) is 6.13. The van der Waals surface area contributed by atoms with Gasteiger partial charge in [-0.1, -0.05) is 18.2 Å². The molecule has 4 rings (SSSR count). The Balaban J connectivity index is 1.54. The number of methoxy groups -OCH3 is 1. The minimum absolute atomic E-state index is 0.267. The van der Waals surface area contributed by atoms with Crippen LogP contribution in [0.2, 0.25) is 0 Å². The Hall–Kier alpha value is -3.12. The molecule has 0 unspecified atom stereocenters. The average Bonchev–Trinajstić information content (AvgIpc) is 3.28. The van der Waals surface area contributed by atoms with Crippen molar-refractivity contribution in [2.45, 2.75) is 6.92 Å². The first-order chi connectivity index (χ1) is 12.6. The molecule has 0 spiro atoms. The number of rotatable bonds is 4. The molecule has 4 aromatic rings. The number of nitrogens with zero attached hydrogens (tertiary/aromatic N) is 1. The lowest BCUT2D eigenvalue weighted by molar-refractivity contribution is 0.0998. The Morgan fingerprint density at radius 3 is 2.81 bits per heavy atom. The van der Waals surface area contributed by atoms with Crippen LogP contribution < -0.4 is 10.1 Å². The van der Waals surface area contributed by atoms with Gasteiger partial charge in [-0.15, -0.1) is 11.3 Å². The molecule has 0 atom stereocenters. The number of ether oxygens (including phenoxy) is 1. The zero-order chi connectivity index (χ0) is 18.1. The van der Waals surface area contributed by atoms with Gasteiger partial charge in [-0.3, -0.25) is 10.1 Å². The molecule has 26 heavy (non-hydrogen) atoms. The van der Waals surface area contributed by atoms with Gasteiger partial charge >= 0.3 is 0 Å². The zero-order valence-electron chi connectivity index (χ0n) is 14.3. The summed E-state index contributed by atoms with van der Waals surface area (Å²) < 4.78 is 10.9. The highest BCUT2D eigenvalue weighted by molar-refractivity contribution is 7.14. The van der Waals surface area contributed by atoms with E-state index >= 15 is 0 Å². The Morgan fingerprint density at radius 2 is 2.04 bits per heavy atom. The van der Waals surface area contributed by atoms with Gasteiger partial charge in [0.05, 0.1) is 12.8 Å². The highest BCUT2D eigenvalue weighted by atomic mass is 32.1. The number of thiazole rings is 1. The van der Waals surface area contributed by atoms with Gasteiger partial charge in [0, 0.05) is 16.3 Å². The van der Waals surface area contributed by atoms with Crippen molar-refractivity contribution in [2.75, 3.05) is 12.4 Å². The van der Waals surface area contributed by atoms with E-state index in [1.165, 1.54) is 11.3 Å². The molecular weight excluding hydrogens is 348 g/mol. The van der Waals surface area contributed by atoms with Crippen LogP contribution in [0.25, 0.3) is 22.2 Å². The highest BCUT2D eigenvalue weighted by Crippen LogP contribution is 2.29. The summed E-state index contributed by atoms with van der Waals surface area (Å²) in [6, 6.07) is 15.1. The van der Waals surface area contributed by atoms with E-state index in [4.69, 9.17) is 9.15 Å². The summed E-state index contributed by atoms with van der Waals surface area (Å²) in [6.45, 7) is 1.99. The third kappa shape index (κ3) is 3.07. The molecule has 1 N–H and O–H groups in total. The molecule has 0 bridgehead atoms. The van der Waals surface area contributed by atoms with E-state index in [9.17, 15) is 4.79 Å². The summed E-state index contributed by atoms with van der Waals surface area (Å²) in [5.41, 5.74) is 3.50. The molecule has 130 valence electrons. The first-order valence-electron chi connectivity index (χ1n) is 8.04. The molecule has 0 fully saturated rings. The standard InChI is InChI=1S/C20H16N2O3S/c1-12-9-13(7-8-16(12)24-2)15-11-26-20(21-15)22-19(23)18-10-14-5-3-4-6-17(14)25-18/h3-11H,1-2H3,(H,21,22,23). The van der Waals surface area contributed by atoms with Gasteiger partial charge in [0.25, 0.3) is 5.91 Å². The Morgan fingerprint density at radius 1 is 1.19 bits per heavy atom. The number of benzene rings is 2. The summed E-state index contributed by atoms with van der Waals surface area (Å²) in [4.78, 5) is 16.9. The molecule has 0 saturated carbocycles. The maximum absolute atomic E-state index is 12.4. The normalized spacial score (nSPS) is 10.8. The minimum atomic E-state index is -0.312. The number of fused-ring (bicyclic) bond motifs is 1. The van der Waals surface area contributed by atoms with Crippen LogP contribution in [-0.2, 0) is 0 Å². The average molecular weight is 364 g/mol. The third-order valence-electron chi connectivity index (χ3n) is 4.06. The molecule has 0 saturated heterocycles. The predicted octanol–water partition coefficient (Wildman–Crippen LogP) is 5.13. The van der Waals surface area contributed by atoms with Crippen molar-refractivity contribution in [2.24, 2.45) is 0 Å². The molecule has 2 aromatic carbocycles. The van der Waals surface area contributed by atoms with Crippen LogP contribution >= 0.6 is 11.3 Å². The predicted molar refractivity (Wildman–Crippen MR) is 103 cm³/mol. The van der Waals surface area contributed by atoms with Crippen molar-refractivity contribution in [1.82, 2.24) is 4.98 Å². The topological polar surface area (TPSA) is 64.4 Å². The zero-order valence-corrected chi connectivity index (χ0v) is 15.1. The summed E-state index contributed by atoms with van der Waals surface area (Å²) >= 11 is 1.37. The van der Waals surface area contributed by atoms with Crippen LogP contribution in [-0.4, -0.2) is 18.0 Å². The lowest BCUT2D eigenvalue weighted by Crippen LogP contribution is -2.10. The fourth-order valence-corrected chi connectivity index (χ4v) is 3.47. The van der Waals surface area contributed by atoms with Crippen LogP contribution in [0.1, 0.15) is 16.1 Å². The maximum Gasteiger partial charge on any atom is 0.293 e. The quantitative estimate of drug-likeness (QED) is 0.545. The summed E-state index contributed by atoms with van der Waals surface area (Å²) in [7, 11) is 1.65. The lowest BCUT2D eigenvalue weighted by atomic mass is 10.1. The number of carbonyl (C=O) groups is 1. The molecular formula is C20H16N2O3S. The number of nitrogens with one attached hydrogen (secondary N) is 1. The molecule has 1 amide bonds. The smallest absolute Gasteiger partial charge is 0.293 e. The van der Waals surface area contributed by atoms with Crippen molar-refractivity contribution in [1.29, 1.82) is 0 Å². The first kappa shape index (κ1) is 16.4. The van der Waals surface area contributed by atoms with Crippen molar-refractivity contribution >= 4 is 33.3 Å². The van der Waals surface area contributed by atoms with E-state index in [0.29, 0.717) is 10.7 Å². The first-order valence-corrected chi connectivity index (χ1v) is 8.92. The van der Waals surface area contributed by atoms with Crippen molar-refractivity contribution < 1.29 is 13.9 Å². The van der Waals surface area contributed by atoms with Gasteiger partial charge < -0.3 is 9.15 Å². The number of hydrogen-bond acceptors (Lipinski definition) is 5. The van der Waals surface area contributed by atoms with E-state index in [1.807, 2.05) is 54.8 Å². The van der Waals surface area contributed by atoms with Gasteiger partial charge in [0.2, 0.25) is 0 Å². The number of furan rings is 1. The molecule has 0 radical (unpaired) electrons. The highest BCUT2D eigenvalue weighted by Gasteiger charge is 2.14. The van der Waals surface area contributed by atoms with Crippen LogP contribution in [0, 0.1) is 6.92 Å². The SMILES string of the molecule is COc1ccc(-c2csc(NC(=O)c3cc4ccccc4o3)n2)cc1C. The summed E-state index contributed by atoms with van der Waals surface area (Å²) in [5.74, 6) is 0.790. The molecule has 0 aliphatic carbocycles. The fraction of sp³-hybridized carbons (Fsp3) is 0.100. The van der Waals surface area contributed by atoms with Gasteiger partial charge in [-0.05, 0) is 42.8 Å². The second kappa shape index (κ2) is 6.65. The van der Waals surface area contributed by atoms with Crippen molar-refractivity contribution in [3.63, 3.8) is 0 Å². The van der Waals surface area contributed by atoms with Gasteiger partial charge in [0.1, 0.15) is 11.3 Å². The van der Waals surface area contributed by atoms with Crippen LogP contribution in [0.15, 0.2) is 58.3 Å². The number of carbonyl (C=O) groups excluding carboxylic acids is 1. The molecule has 5 nitrogen and oxygen atoms in total. The largest absolute Gasteiger partial charge is 0.496 e. The number of aromatic nitrogens is 1. The Bertz CT molecular complexity index is 1060. The van der Waals surface area contributed by atoms with E-state index < -0.39 is 0 Å².